The first-order valence-corrected chi connectivity index (χ1v) is 6.37. The Balaban J connectivity index is 1.85. The van der Waals surface area contributed by atoms with Gasteiger partial charge in [-0.25, -0.2) is 4.98 Å². The van der Waals surface area contributed by atoms with Gasteiger partial charge in [-0.05, 0) is 25.8 Å². The highest BCUT2D eigenvalue weighted by atomic mass is 16.5. The number of nitrogens with zero attached hydrogens (tertiary/aromatic N) is 3. The Kier molecular flexibility index (Phi) is 2.94. The number of aromatic nitrogens is 3. The summed E-state index contributed by atoms with van der Waals surface area (Å²) in [6.07, 6.45) is 3.05. The zero-order chi connectivity index (χ0) is 13.4. The second-order valence-electron chi connectivity index (χ2n) is 4.80. The first-order chi connectivity index (χ1) is 9.15. The topological polar surface area (TPSA) is 69.0 Å². The molecule has 0 aliphatic carbocycles. The maximum absolute atomic E-state index is 12.0. The lowest BCUT2D eigenvalue weighted by Gasteiger charge is -2.10. The van der Waals surface area contributed by atoms with Crippen LogP contribution in [0.25, 0.3) is 11.0 Å². The van der Waals surface area contributed by atoms with E-state index in [2.05, 4.69) is 15.4 Å². The molecule has 1 fully saturated rings. The minimum Gasteiger partial charge on any atom is -0.368 e. The third-order valence-electron chi connectivity index (χ3n) is 3.35. The van der Waals surface area contributed by atoms with Gasteiger partial charge in [0.05, 0.1) is 17.6 Å². The molecule has 100 valence electrons. The highest BCUT2D eigenvalue weighted by Crippen LogP contribution is 2.20. The Morgan fingerprint density at radius 2 is 2.42 bits per heavy atom. The van der Waals surface area contributed by atoms with Crippen LogP contribution in [-0.4, -0.2) is 33.4 Å². The Morgan fingerprint density at radius 3 is 3.16 bits per heavy atom. The minimum atomic E-state index is -0.328. The van der Waals surface area contributed by atoms with Gasteiger partial charge >= 0.3 is 0 Å². The number of carbonyl (C=O) groups excluding carboxylic acids is 1. The summed E-state index contributed by atoms with van der Waals surface area (Å²) in [5.41, 5.74) is 2.40. The maximum atomic E-state index is 12.0. The highest BCUT2D eigenvalue weighted by molar-refractivity contribution is 5.95. The quantitative estimate of drug-likeness (QED) is 0.886. The van der Waals surface area contributed by atoms with Gasteiger partial charge in [0, 0.05) is 19.0 Å². The number of fused-ring (bicyclic) bond motifs is 1. The van der Waals surface area contributed by atoms with E-state index in [1.54, 1.807) is 10.9 Å². The van der Waals surface area contributed by atoms with E-state index >= 15 is 0 Å². The van der Waals surface area contributed by atoms with Crippen LogP contribution in [0.5, 0.6) is 0 Å². The maximum Gasteiger partial charge on any atom is 0.253 e. The van der Waals surface area contributed by atoms with E-state index in [9.17, 15) is 4.79 Å². The molecule has 1 amide bonds. The van der Waals surface area contributed by atoms with E-state index in [0.29, 0.717) is 12.3 Å². The van der Waals surface area contributed by atoms with Crippen LogP contribution in [0.2, 0.25) is 0 Å². The predicted octanol–water partition coefficient (Wildman–Crippen LogP) is 1.39. The molecular formula is C13H16N4O2. The summed E-state index contributed by atoms with van der Waals surface area (Å²) < 4.78 is 7.09. The molecular weight excluding hydrogens is 244 g/mol. The molecule has 2 aromatic heterocycles. The predicted molar refractivity (Wildman–Crippen MR) is 70.8 cm³/mol. The molecule has 0 unspecified atom stereocenters. The number of anilines is 1. The van der Waals surface area contributed by atoms with Gasteiger partial charge in [0.15, 0.2) is 5.65 Å². The zero-order valence-electron chi connectivity index (χ0n) is 11.0. The van der Waals surface area contributed by atoms with Crippen molar-refractivity contribution in [1.29, 1.82) is 0 Å². The number of amides is 1. The minimum absolute atomic E-state index is 0.0970. The first kappa shape index (κ1) is 12.1. The molecule has 6 heteroatoms. The smallest absolute Gasteiger partial charge is 0.253 e. The molecule has 2 aromatic rings. The molecule has 1 saturated heterocycles. The summed E-state index contributed by atoms with van der Waals surface area (Å²) in [4.78, 5) is 16.3. The fourth-order valence-electron chi connectivity index (χ4n) is 2.38. The largest absolute Gasteiger partial charge is 0.368 e. The fraction of sp³-hybridized carbons (Fsp3) is 0.462. The number of carbonyl (C=O) groups is 1. The van der Waals surface area contributed by atoms with Crippen LogP contribution in [0.3, 0.4) is 0 Å². The second kappa shape index (κ2) is 4.62. The lowest BCUT2D eigenvalue weighted by Crippen LogP contribution is -2.26. The molecule has 0 radical (unpaired) electrons. The van der Waals surface area contributed by atoms with E-state index in [1.807, 2.05) is 20.0 Å². The van der Waals surface area contributed by atoms with Gasteiger partial charge in [-0.1, -0.05) is 0 Å². The number of hydrogen-bond donors (Lipinski definition) is 1. The van der Waals surface area contributed by atoms with Crippen LogP contribution < -0.4 is 5.32 Å². The standard InChI is InChI=1S/C13H16N4O2/c1-8-10-6-9(7-14-12(10)17(2)16-8)15-13(18)11-4-3-5-19-11/h6-7,11H,3-5H2,1-2H3,(H,15,18)/t11-/m0/s1. The second-order valence-corrected chi connectivity index (χ2v) is 4.80. The summed E-state index contributed by atoms with van der Waals surface area (Å²) in [5.74, 6) is -0.0970. The van der Waals surface area contributed by atoms with Crippen molar-refractivity contribution in [3.05, 3.63) is 18.0 Å². The van der Waals surface area contributed by atoms with E-state index in [-0.39, 0.29) is 12.0 Å². The average molecular weight is 260 g/mol. The van der Waals surface area contributed by atoms with Crippen molar-refractivity contribution in [3.8, 4) is 0 Å². The van der Waals surface area contributed by atoms with Crippen molar-refractivity contribution in [2.24, 2.45) is 7.05 Å². The van der Waals surface area contributed by atoms with Gasteiger partial charge in [0.1, 0.15) is 6.10 Å². The summed E-state index contributed by atoms with van der Waals surface area (Å²) >= 11 is 0. The molecule has 1 aliphatic rings. The van der Waals surface area contributed by atoms with E-state index in [1.165, 1.54) is 0 Å². The third-order valence-corrected chi connectivity index (χ3v) is 3.35. The molecule has 1 N–H and O–H groups in total. The zero-order valence-corrected chi connectivity index (χ0v) is 11.0. The summed E-state index contributed by atoms with van der Waals surface area (Å²) in [6.45, 7) is 2.59. The van der Waals surface area contributed by atoms with Crippen LogP contribution >= 0.6 is 0 Å². The Labute approximate surface area is 110 Å². The number of hydrogen-bond acceptors (Lipinski definition) is 4. The average Bonchev–Trinajstić information content (AvgIpc) is 2.99. The van der Waals surface area contributed by atoms with Crippen LogP contribution in [0.4, 0.5) is 5.69 Å². The van der Waals surface area contributed by atoms with Crippen LogP contribution in [0.1, 0.15) is 18.5 Å². The van der Waals surface area contributed by atoms with Crippen LogP contribution in [0, 0.1) is 6.92 Å². The summed E-state index contributed by atoms with van der Waals surface area (Å²) in [6, 6.07) is 1.90. The molecule has 0 aromatic carbocycles. The van der Waals surface area contributed by atoms with Gasteiger partial charge in [-0.3, -0.25) is 9.48 Å². The summed E-state index contributed by atoms with van der Waals surface area (Å²) in [7, 11) is 1.85. The van der Waals surface area contributed by atoms with Crippen molar-refractivity contribution >= 4 is 22.6 Å². The number of rotatable bonds is 2. The Hall–Kier alpha value is -1.95. The van der Waals surface area contributed by atoms with Crippen LogP contribution in [-0.2, 0) is 16.6 Å². The van der Waals surface area contributed by atoms with E-state index in [0.717, 1.165) is 29.6 Å². The van der Waals surface area contributed by atoms with E-state index < -0.39 is 0 Å². The molecule has 0 bridgehead atoms. The molecule has 0 saturated carbocycles. The van der Waals surface area contributed by atoms with Gasteiger partial charge < -0.3 is 10.1 Å². The normalized spacial score (nSPS) is 18.9. The van der Waals surface area contributed by atoms with Crippen molar-refractivity contribution in [2.45, 2.75) is 25.9 Å². The van der Waals surface area contributed by atoms with Gasteiger partial charge in [0.25, 0.3) is 5.91 Å². The lowest BCUT2D eigenvalue weighted by molar-refractivity contribution is -0.124. The number of ether oxygens (including phenoxy) is 1. The SMILES string of the molecule is Cc1nn(C)c2ncc(NC(=O)[C@@H]3CCCO3)cc12. The molecule has 3 heterocycles. The van der Waals surface area contributed by atoms with Crippen LogP contribution in [0.15, 0.2) is 12.3 Å². The Bertz CT molecular complexity index is 629. The van der Waals surface area contributed by atoms with Crippen molar-refractivity contribution < 1.29 is 9.53 Å². The fourth-order valence-corrected chi connectivity index (χ4v) is 2.38. The van der Waals surface area contributed by atoms with Gasteiger partial charge in [-0.15, -0.1) is 0 Å². The molecule has 19 heavy (non-hydrogen) atoms. The monoisotopic (exact) mass is 260 g/mol. The van der Waals surface area contributed by atoms with Crippen molar-refractivity contribution in [3.63, 3.8) is 0 Å². The summed E-state index contributed by atoms with van der Waals surface area (Å²) in [5, 5.41) is 8.11. The molecule has 0 spiro atoms. The van der Waals surface area contributed by atoms with Crippen molar-refractivity contribution in [1.82, 2.24) is 14.8 Å². The number of aryl methyl sites for hydroxylation is 2. The van der Waals surface area contributed by atoms with Gasteiger partial charge in [-0.2, -0.15) is 5.10 Å². The highest BCUT2D eigenvalue weighted by Gasteiger charge is 2.23. The number of nitrogens with one attached hydrogen (secondary N) is 1. The molecule has 1 atom stereocenters. The molecule has 1 aliphatic heterocycles. The van der Waals surface area contributed by atoms with Crippen molar-refractivity contribution in [2.75, 3.05) is 11.9 Å². The first-order valence-electron chi connectivity index (χ1n) is 6.37. The molecule has 6 nitrogen and oxygen atoms in total. The lowest BCUT2D eigenvalue weighted by atomic mass is 10.2. The van der Waals surface area contributed by atoms with E-state index in [4.69, 9.17) is 4.74 Å². The third kappa shape index (κ3) is 2.19. The van der Waals surface area contributed by atoms with Gasteiger partial charge in [0.2, 0.25) is 0 Å². The molecule has 3 rings (SSSR count). The number of pyridine rings is 1. The Morgan fingerprint density at radius 1 is 1.58 bits per heavy atom.